The number of esters is 1. The first-order valence-electron chi connectivity index (χ1n) is 6.95. The maximum absolute atomic E-state index is 13.0. The molecule has 0 atom stereocenters. The average molecular weight is 407 g/mol. The van der Waals surface area contributed by atoms with E-state index < -0.39 is 5.97 Å². The van der Waals surface area contributed by atoms with E-state index in [1.54, 1.807) is 35.7 Å². The third-order valence-corrected chi connectivity index (χ3v) is 4.66. The van der Waals surface area contributed by atoms with E-state index in [2.05, 4.69) is 20.9 Å². The van der Waals surface area contributed by atoms with Gasteiger partial charge in [-0.2, -0.15) is 0 Å². The van der Waals surface area contributed by atoms with E-state index in [0.717, 1.165) is 15.0 Å². The van der Waals surface area contributed by atoms with Crippen LogP contribution in [-0.2, 0) is 11.3 Å². The second kappa shape index (κ2) is 7.11. The minimum Gasteiger partial charge on any atom is -0.455 e. The van der Waals surface area contributed by atoms with E-state index in [1.807, 2.05) is 0 Å². The SMILES string of the molecule is Nc1ccc(Br)cc1C(=O)OCc1csc(-c2ccc(F)cc2)n1. The standard InChI is InChI=1S/C17H12BrFN2O2S/c18-11-3-6-15(20)14(7-11)17(22)23-8-13-9-24-16(21-13)10-1-4-12(19)5-2-10/h1-7,9H,8,20H2. The van der Waals surface area contributed by atoms with E-state index in [9.17, 15) is 9.18 Å². The molecule has 2 aromatic carbocycles. The van der Waals surface area contributed by atoms with E-state index in [1.165, 1.54) is 23.5 Å². The van der Waals surface area contributed by atoms with Crippen molar-refractivity contribution >= 4 is 38.9 Å². The molecule has 24 heavy (non-hydrogen) atoms. The van der Waals surface area contributed by atoms with Crippen molar-refractivity contribution in [1.29, 1.82) is 0 Å². The molecular formula is C17H12BrFN2O2S. The van der Waals surface area contributed by atoms with Crippen molar-refractivity contribution in [3.8, 4) is 10.6 Å². The summed E-state index contributed by atoms with van der Waals surface area (Å²) in [4.78, 5) is 16.5. The van der Waals surface area contributed by atoms with Gasteiger partial charge in [-0.05, 0) is 42.5 Å². The number of nitrogen functional groups attached to an aromatic ring is 1. The lowest BCUT2D eigenvalue weighted by Crippen LogP contribution is -2.08. The normalized spacial score (nSPS) is 10.6. The number of nitrogens with two attached hydrogens (primary N) is 1. The summed E-state index contributed by atoms with van der Waals surface area (Å²) >= 11 is 4.70. The molecule has 1 aromatic heterocycles. The number of benzene rings is 2. The molecule has 0 amide bonds. The van der Waals surface area contributed by atoms with Crippen molar-refractivity contribution in [3.05, 3.63) is 69.4 Å². The Hall–Kier alpha value is -2.25. The second-order valence-corrected chi connectivity index (χ2v) is 6.73. The molecule has 3 aromatic rings. The van der Waals surface area contributed by atoms with Crippen LogP contribution in [0.15, 0.2) is 52.3 Å². The summed E-state index contributed by atoms with van der Waals surface area (Å²) in [6.07, 6.45) is 0. The zero-order valence-electron chi connectivity index (χ0n) is 12.3. The molecule has 0 radical (unpaired) electrons. The predicted molar refractivity (Wildman–Crippen MR) is 95.2 cm³/mol. The molecule has 0 saturated heterocycles. The first kappa shape index (κ1) is 16.6. The maximum atomic E-state index is 13.0. The minimum absolute atomic E-state index is 0.0441. The van der Waals surface area contributed by atoms with Gasteiger partial charge >= 0.3 is 5.97 Å². The van der Waals surface area contributed by atoms with Crippen molar-refractivity contribution in [3.63, 3.8) is 0 Å². The number of nitrogens with zero attached hydrogens (tertiary/aromatic N) is 1. The lowest BCUT2D eigenvalue weighted by molar-refractivity contribution is 0.0469. The number of anilines is 1. The molecule has 0 aliphatic heterocycles. The Morgan fingerprint density at radius 3 is 2.75 bits per heavy atom. The fourth-order valence-corrected chi connectivity index (χ4v) is 3.19. The Bertz CT molecular complexity index is 881. The van der Waals surface area contributed by atoms with Crippen LogP contribution in [0.4, 0.5) is 10.1 Å². The van der Waals surface area contributed by atoms with E-state index in [0.29, 0.717) is 16.9 Å². The van der Waals surface area contributed by atoms with E-state index in [-0.39, 0.29) is 12.4 Å². The van der Waals surface area contributed by atoms with Gasteiger partial charge in [-0.15, -0.1) is 11.3 Å². The topological polar surface area (TPSA) is 65.2 Å². The number of hydrogen-bond donors (Lipinski definition) is 1. The zero-order chi connectivity index (χ0) is 17.1. The number of halogens is 2. The quantitative estimate of drug-likeness (QED) is 0.505. The van der Waals surface area contributed by atoms with Crippen molar-refractivity contribution in [2.75, 3.05) is 5.73 Å². The number of hydrogen-bond acceptors (Lipinski definition) is 5. The molecule has 3 rings (SSSR count). The summed E-state index contributed by atoms with van der Waals surface area (Å²) in [5.41, 5.74) is 7.89. The first-order chi connectivity index (χ1) is 11.5. The van der Waals surface area contributed by atoms with Gasteiger partial charge in [0.15, 0.2) is 0 Å². The second-order valence-electron chi connectivity index (χ2n) is 4.96. The summed E-state index contributed by atoms with van der Waals surface area (Å²) in [6, 6.07) is 11.1. The molecule has 122 valence electrons. The summed E-state index contributed by atoms with van der Waals surface area (Å²) in [7, 11) is 0. The third kappa shape index (κ3) is 3.80. The van der Waals surface area contributed by atoms with Crippen LogP contribution in [0, 0.1) is 5.82 Å². The molecule has 0 spiro atoms. The Balaban J connectivity index is 1.68. The van der Waals surface area contributed by atoms with Crippen molar-refractivity contribution in [1.82, 2.24) is 4.98 Å². The van der Waals surface area contributed by atoms with Gasteiger partial charge in [-0.3, -0.25) is 0 Å². The zero-order valence-corrected chi connectivity index (χ0v) is 14.7. The van der Waals surface area contributed by atoms with Crippen LogP contribution in [0.2, 0.25) is 0 Å². The van der Waals surface area contributed by atoms with E-state index >= 15 is 0 Å². The predicted octanol–water partition coefficient (Wildman–Crippen LogP) is 4.65. The van der Waals surface area contributed by atoms with Crippen LogP contribution >= 0.6 is 27.3 Å². The van der Waals surface area contributed by atoms with Crippen LogP contribution in [0.25, 0.3) is 10.6 Å². The molecule has 4 nitrogen and oxygen atoms in total. The van der Waals surface area contributed by atoms with Gasteiger partial charge in [-0.25, -0.2) is 14.2 Å². The summed E-state index contributed by atoms with van der Waals surface area (Å²) in [6.45, 7) is 0.0441. The molecule has 1 heterocycles. The lowest BCUT2D eigenvalue weighted by Gasteiger charge is -2.06. The molecule has 7 heteroatoms. The van der Waals surface area contributed by atoms with Crippen molar-refractivity contribution < 1.29 is 13.9 Å². The number of carbonyl (C=O) groups is 1. The average Bonchev–Trinajstić information content (AvgIpc) is 3.04. The first-order valence-corrected chi connectivity index (χ1v) is 8.62. The molecule has 0 saturated carbocycles. The number of ether oxygens (including phenoxy) is 1. The Kier molecular flexibility index (Phi) is 4.92. The number of rotatable bonds is 4. The Labute approximate surface area is 150 Å². The van der Waals surface area contributed by atoms with Gasteiger partial charge in [0.25, 0.3) is 0 Å². The summed E-state index contributed by atoms with van der Waals surface area (Å²) < 4.78 is 19.0. The minimum atomic E-state index is -0.509. The van der Waals surface area contributed by atoms with E-state index in [4.69, 9.17) is 10.5 Å². The van der Waals surface area contributed by atoms with Gasteiger partial charge < -0.3 is 10.5 Å². The monoisotopic (exact) mass is 406 g/mol. The highest BCUT2D eigenvalue weighted by Crippen LogP contribution is 2.25. The Morgan fingerprint density at radius 2 is 2.00 bits per heavy atom. The van der Waals surface area contributed by atoms with Gasteiger partial charge in [0.1, 0.15) is 17.4 Å². The molecule has 0 aliphatic rings. The number of carbonyl (C=O) groups excluding carboxylic acids is 1. The molecule has 0 aliphatic carbocycles. The largest absolute Gasteiger partial charge is 0.455 e. The van der Waals surface area contributed by atoms with Crippen LogP contribution in [0.3, 0.4) is 0 Å². The van der Waals surface area contributed by atoms with Crippen LogP contribution in [-0.4, -0.2) is 11.0 Å². The highest BCUT2D eigenvalue weighted by atomic mass is 79.9. The molecule has 0 unspecified atom stereocenters. The van der Waals surface area contributed by atoms with Gasteiger partial charge in [0.05, 0.1) is 11.3 Å². The highest BCUT2D eigenvalue weighted by molar-refractivity contribution is 9.10. The van der Waals surface area contributed by atoms with Crippen LogP contribution in [0.1, 0.15) is 16.1 Å². The fraction of sp³-hybridized carbons (Fsp3) is 0.0588. The molecular weight excluding hydrogens is 395 g/mol. The molecule has 0 bridgehead atoms. The fourth-order valence-electron chi connectivity index (χ4n) is 2.02. The van der Waals surface area contributed by atoms with Crippen molar-refractivity contribution in [2.24, 2.45) is 0 Å². The van der Waals surface area contributed by atoms with Crippen molar-refractivity contribution in [2.45, 2.75) is 6.61 Å². The third-order valence-electron chi connectivity index (χ3n) is 3.23. The molecule has 2 N–H and O–H groups in total. The summed E-state index contributed by atoms with van der Waals surface area (Å²) in [5.74, 6) is -0.804. The Morgan fingerprint density at radius 1 is 1.25 bits per heavy atom. The number of aromatic nitrogens is 1. The van der Waals surface area contributed by atoms with Gasteiger partial charge in [0.2, 0.25) is 0 Å². The number of thiazole rings is 1. The maximum Gasteiger partial charge on any atom is 0.340 e. The highest BCUT2D eigenvalue weighted by Gasteiger charge is 2.13. The smallest absolute Gasteiger partial charge is 0.340 e. The molecule has 0 fully saturated rings. The lowest BCUT2D eigenvalue weighted by atomic mass is 10.2. The van der Waals surface area contributed by atoms with Crippen LogP contribution < -0.4 is 5.73 Å². The van der Waals surface area contributed by atoms with Gasteiger partial charge in [0, 0.05) is 21.1 Å². The van der Waals surface area contributed by atoms with Gasteiger partial charge in [-0.1, -0.05) is 15.9 Å². The summed E-state index contributed by atoms with van der Waals surface area (Å²) in [5, 5.41) is 2.54. The van der Waals surface area contributed by atoms with Crippen LogP contribution in [0.5, 0.6) is 0 Å².